The number of sulfone groups is 1. The van der Waals surface area contributed by atoms with Gasteiger partial charge in [0.15, 0.2) is 9.84 Å². The lowest BCUT2D eigenvalue weighted by molar-refractivity contribution is 0.565. The molecule has 0 spiro atoms. The van der Waals surface area contributed by atoms with Crippen LogP contribution in [-0.4, -0.2) is 13.4 Å². The number of benzene rings is 3. The number of aryl methyl sites for hydroxylation is 1. The maximum Gasteiger partial charge on any atom is 0.185 e. The van der Waals surface area contributed by atoms with Crippen LogP contribution in [0.2, 0.25) is 0 Å². The van der Waals surface area contributed by atoms with Gasteiger partial charge in [0.2, 0.25) is 0 Å². The van der Waals surface area contributed by atoms with Gasteiger partial charge in [0.05, 0.1) is 15.8 Å². The Morgan fingerprint density at radius 1 is 0.839 bits per heavy atom. The number of nitrogens with one attached hydrogen (secondary N) is 1. The summed E-state index contributed by atoms with van der Waals surface area (Å²) in [4.78, 5) is 3.91. The topological polar surface area (TPSA) is 49.9 Å². The van der Waals surface area contributed by atoms with E-state index in [0.717, 1.165) is 52.5 Å². The van der Waals surface area contributed by atoms with Crippen molar-refractivity contribution in [3.05, 3.63) is 90.0 Å². The molecule has 3 aromatic carbocycles. The monoisotopic (exact) mass is 431 g/mol. The van der Waals surface area contributed by atoms with Crippen molar-refractivity contribution in [1.82, 2.24) is 4.98 Å². The number of fused-ring (bicyclic) bond motifs is 1. The number of hydrogen-bond acceptors (Lipinski definition) is 2. The van der Waals surface area contributed by atoms with Crippen LogP contribution < -0.4 is 0 Å². The van der Waals surface area contributed by atoms with Crippen LogP contribution >= 0.6 is 0 Å². The largest absolute Gasteiger partial charge is 0.354 e. The molecule has 4 aromatic rings. The maximum atomic E-state index is 13.9. The Bertz CT molecular complexity index is 1260. The molecule has 160 valence electrons. The molecule has 0 bridgehead atoms. The molecule has 4 rings (SSSR count). The highest BCUT2D eigenvalue weighted by Gasteiger charge is 2.33. The number of unbranched alkanes of at least 4 members (excludes halogenated alkanes) is 2. The highest BCUT2D eigenvalue weighted by Crippen LogP contribution is 2.42. The summed E-state index contributed by atoms with van der Waals surface area (Å²) in [5.41, 5.74) is 4.82. The van der Waals surface area contributed by atoms with Gasteiger partial charge < -0.3 is 4.98 Å². The molecule has 4 heteroatoms. The Hall–Kier alpha value is -2.85. The molecule has 3 nitrogen and oxygen atoms in total. The molecule has 1 N–H and O–H groups in total. The fourth-order valence-corrected chi connectivity index (χ4v) is 6.13. The van der Waals surface area contributed by atoms with E-state index in [2.05, 4.69) is 11.9 Å². The Morgan fingerprint density at radius 3 is 2.23 bits per heavy atom. The van der Waals surface area contributed by atoms with Crippen LogP contribution in [0.3, 0.4) is 0 Å². The fourth-order valence-electron chi connectivity index (χ4n) is 4.26. The second-order valence-electron chi connectivity index (χ2n) is 8.17. The van der Waals surface area contributed by atoms with Crippen molar-refractivity contribution in [2.45, 2.75) is 49.7 Å². The van der Waals surface area contributed by atoms with E-state index in [4.69, 9.17) is 0 Å². The number of hydrogen-bond donors (Lipinski definition) is 1. The fraction of sp³-hybridized carbons (Fsp3) is 0.259. The van der Waals surface area contributed by atoms with Gasteiger partial charge in [0.1, 0.15) is 0 Å². The Labute approximate surface area is 185 Å². The van der Waals surface area contributed by atoms with Crippen molar-refractivity contribution in [2.75, 3.05) is 0 Å². The van der Waals surface area contributed by atoms with Gasteiger partial charge in [-0.3, -0.25) is 0 Å². The first-order chi connectivity index (χ1) is 15.0. The van der Waals surface area contributed by atoms with Crippen molar-refractivity contribution in [2.24, 2.45) is 0 Å². The highest BCUT2D eigenvalue weighted by atomic mass is 32.2. The second-order valence-corrected chi connectivity index (χ2v) is 10.3. The van der Waals surface area contributed by atoms with E-state index in [1.807, 2.05) is 73.7 Å². The number of para-hydroxylation sites is 1. The lowest BCUT2D eigenvalue weighted by atomic mass is 9.99. The Balaban J connectivity index is 1.94. The van der Waals surface area contributed by atoms with Gasteiger partial charge in [-0.2, -0.15) is 0 Å². The van der Waals surface area contributed by atoms with E-state index in [1.165, 1.54) is 0 Å². The minimum atomic E-state index is -3.56. The van der Waals surface area contributed by atoms with Crippen LogP contribution in [-0.2, 0) is 9.84 Å². The first-order valence-electron chi connectivity index (χ1n) is 11.0. The molecule has 0 saturated heterocycles. The summed E-state index contributed by atoms with van der Waals surface area (Å²) in [5, 5.41) is 0.381. The third kappa shape index (κ3) is 4.31. The van der Waals surface area contributed by atoms with Gasteiger partial charge in [0, 0.05) is 16.5 Å². The molecule has 0 amide bonds. The van der Waals surface area contributed by atoms with Gasteiger partial charge in [-0.25, -0.2) is 8.42 Å². The molecule has 0 aliphatic carbocycles. The van der Waals surface area contributed by atoms with E-state index in [1.54, 1.807) is 12.1 Å². The van der Waals surface area contributed by atoms with Crippen LogP contribution in [0.5, 0.6) is 0 Å². The van der Waals surface area contributed by atoms with Crippen LogP contribution in [0.1, 0.15) is 49.0 Å². The maximum absolute atomic E-state index is 13.9. The van der Waals surface area contributed by atoms with E-state index >= 15 is 0 Å². The van der Waals surface area contributed by atoms with Crippen molar-refractivity contribution < 1.29 is 8.42 Å². The van der Waals surface area contributed by atoms with Gasteiger partial charge >= 0.3 is 0 Å². The van der Waals surface area contributed by atoms with Crippen molar-refractivity contribution in [1.29, 1.82) is 0 Å². The molecule has 0 aliphatic rings. The number of aromatic amines is 1. The van der Waals surface area contributed by atoms with Crippen LogP contribution in [0.15, 0.2) is 83.8 Å². The van der Waals surface area contributed by atoms with Crippen LogP contribution in [0, 0.1) is 6.92 Å². The Kier molecular flexibility index (Phi) is 6.28. The van der Waals surface area contributed by atoms with Crippen LogP contribution in [0.4, 0.5) is 0 Å². The molecule has 0 aliphatic heterocycles. The van der Waals surface area contributed by atoms with Crippen LogP contribution in [0.25, 0.3) is 22.2 Å². The number of H-pyrrole nitrogens is 1. The number of rotatable bonds is 8. The zero-order valence-electron chi connectivity index (χ0n) is 18.1. The lowest BCUT2D eigenvalue weighted by Gasteiger charge is -2.20. The summed E-state index contributed by atoms with van der Waals surface area (Å²) in [7, 11) is -3.56. The van der Waals surface area contributed by atoms with Crippen molar-refractivity contribution in [3.8, 4) is 11.3 Å². The lowest BCUT2D eigenvalue weighted by Crippen LogP contribution is -2.15. The Morgan fingerprint density at radius 2 is 1.52 bits per heavy atom. The summed E-state index contributed by atoms with van der Waals surface area (Å²) in [6.45, 7) is 4.12. The summed E-state index contributed by atoms with van der Waals surface area (Å²) < 4.78 is 27.9. The summed E-state index contributed by atoms with van der Waals surface area (Å²) in [6, 6.07) is 25.3. The van der Waals surface area contributed by atoms with E-state index in [0.29, 0.717) is 11.3 Å². The molecule has 0 radical (unpaired) electrons. The molecule has 1 unspecified atom stereocenters. The summed E-state index contributed by atoms with van der Waals surface area (Å²) in [5.74, 6) is 0. The molecular formula is C27H29NO2S. The molecule has 1 aromatic heterocycles. The standard InChI is InChI=1S/C27H29NO2S/c1-3-4-6-15-25(31(29,30)22-18-16-20(2)17-19-22)26-23-13-9-10-14-24(23)28-27(26)21-11-7-5-8-12-21/h5,7-14,16-19,25,28H,3-4,6,15H2,1-2H3. The van der Waals surface area contributed by atoms with Gasteiger partial charge in [0.25, 0.3) is 0 Å². The smallest absolute Gasteiger partial charge is 0.185 e. The summed E-state index contributed by atoms with van der Waals surface area (Å²) in [6.07, 6.45) is 3.55. The third-order valence-corrected chi connectivity index (χ3v) is 8.07. The van der Waals surface area contributed by atoms with Crippen molar-refractivity contribution in [3.63, 3.8) is 0 Å². The van der Waals surface area contributed by atoms with Gasteiger partial charge in [-0.15, -0.1) is 0 Å². The predicted octanol–water partition coefficient (Wildman–Crippen LogP) is 7.24. The average Bonchev–Trinajstić information content (AvgIpc) is 3.17. The highest BCUT2D eigenvalue weighted by molar-refractivity contribution is 7.91. The van der Waals surface area contributed by atoms with E-state index in [9.17, 15) is 8.42 Å². The average molecular weight is 432 g/mol. The predicted molar refractivity (Wildman–Crippen MR) is 129 cm³/mol. The minimum Gasteiger partial charge on any atom is -0.354 e. The van der Waals surface area contributed by atoms with E-state index < -0.39 is 15.1 Å². The third-order valence-electron chi connectivity index (χ3n) is 5.92. The molecule has 1 atom stereocenters. The first kappa shape index (κ1) is 21.4. The summed E-state index contributed by atoms with van der Waals surface area (Å²) >= 11 is 0. The van der Waals surface area contributed by atoms with Crippen molar-refractivity contribution >= 4 is 20.7 Å². The molecule has 0 fully saturated rings. The van der Waals surface area contributed by atoms with Gasteiger partial charge in [-0.1, -0.05) is 92.4 Å². The first-order valence-corrected chi connectivity index (χ1v) is 12.5. The second kappa shape index (κ2) is 9.11. The van der Waals surface area contributed by atoms with Gasteiger partial charge in [-0.05, 0) is 37.1 Å². The minimum absolute atomic E-state index is 0.392. The molecule has 31 heavy (non-hydrogen) atoms. The number of aromatic nitrogens is 1. The SMILES string of the molecule is CCCCCC(c1c(-c2ccccc2)[nH]c2ccccc12)S(=O)(=O)c1ccc(C)cc1. The van der Waals surface area contributed by atoms with E-state index in [-0.39, 0.29) is 0 Å². The molecule has 1 heterocycles. The molecule has 0 saturated carbocycles. The normalized spacial score (nSPS) is 12.8. The quantitative estimate of drug-likeness (QED) is 0.299. The zero-order chi connectivity index (χ0) is 21.8. The molecular weight excluding hydrogens is 402 g/mol. The zero-order valence-corrected chi connectivity index (χ0v) is 19.0.